The highest BCUT2D eigenvalue weighted by Gasteiger charge is 2.31. The van der Waals surface area contributed by atoms with Gasteiger partial charge < -0.3 is 34.2 Å². The van der Waals surface area contributed by atoms with Crippen molar-refractivity contribution in [3.63, 3.8) is 0 Å². The zero-order valence-corrected chi connectivity index (χ0v) is 32.5. The average molecular weight is 782 g/mol. The van der Waals surface area contributed by atoms with E-state index in [2.05, 4.69) is 20.1 Å². The molecule has 0 spiro atoms. The summed E-state index contributed by atoms with van der Waals surface area (Å²) in [6, 6.07) is 24.8. The molecule has 8 rings (SSSR count). The highest BCUT2D eigenvalue weighted by atomic mass is 19.1. The predicted molar refractivity (Wildman–Crippen MR) is 219 cm³/mol. The molecule has 2 aliphatic heterocycles. The fourth-order valence-electron chi connectivity index (χ4n) is 7.21. The minimum Gasteiger partial charge on any atom is -0.497 e. The topological polar surface area (TPSA) is 131 Å². The molecule has 0 unspecified atom stereocenters. The van der Waals surface area contributed by atoms with Crippen molar-refractivity contribution in [1.29, 1.82) is 0 Å². The quantitative estimate of drug-likeness (QED) is 0.130. The molecule has 1 N–H and O–H groups in total. The van der Waals surface area contributed by atoms with Crippen LogP contribution in [0.3, 0.4) is 0 Å². The number of nitrogens with one attached hydrogen (secondary N) is 1. The molecule has 296 valence electrons. The Morgan fingerprint density at radius 1 is 0.845 bits per heavy atom. The summed E-state index contributed by atoms with van der Waals surface area (Å²) in [4.78, 5) is 43.5. The number of fused-ring (bicyclic) bond motifs is 1. The van der Waals surface area contributed by atoms with Crippen LogP contribution in [0.25, 0.3) is 11.3 Å². The number of morpholine rings is 1. The highest BCUT2D eigenvalue weighted by molar-refractivity contribution is 5.95. The van der Waals surface area contributed by atoms with Gasteiger partial charge in [0, 0.05) is 92.0 Å². The van der Waals surface area contributed by atoms with E-state index in [0.717, 1.165) is 45.0 Å². The molecule has 58 heavy (non-hydrogen) atoms. The number of hydrogen-bond donors (Lipinski definition) is 1. The van der Waals surface area contributed by atoms with Crippen molar-refractivity contribution in [2.24, 2.45) is 0 Å². The van der Waals surface area contributed by atoms with Gasteiger partial charge in [0.05, 0.1) is 33.1 Å². The van der Waals surface area contributed by atoms with E-state index >= 15 is 0 Å². The lowest BCUT2D eigenvalue weighted by Crippen LogP contribution is -2.37. The van der Waals surface area contributed by atoms with Gasteiger partial charge in [-0.3, -0.25) is 9.78 Å². The first kappa shape index (κ1) is 38.2. The zero-order chi connectivity index (χ0) is 39.8. The second-order valence-corrected chi connectivity index (χ2v) is 14.0. The van der Waals surface area contributed by atoms with Crippen LogP contribution < -0.4 is 29.5 Å². The van der Waals surface area contributed by atoms with Crippen molar-refractivity contribution >= 4 is 29.3 Å². The number of ether oxygens (including phenoxy) is 3. The number of aromatic nitrogens is 5. The second-order valence-electron chi connectivity index (χ2n) is 14.0. The zero-order valence-electron chi connectivity index (χ0n) is 32.5. The smallest absolute Gasteiger partial charge is 0.251 e. The Kier molecular flexibility index (Phi) is 11.6. The van der Waals surface area contributed by atoms with Crippen LogP contribution in [0.5, 0.6) is 11.5 Å². The number of carbonyl (C=O) groups excluding carboxylic acids is 1. The van der Waals surface area contributed by atoms with Gasteiger partial charge in [0.2, 0.25) is 11.9 Å². The molecule has 0 aliphatic carbocycles. The Bertz CT molecular complexity index is 2280. The molecule has 0 saturated carbocycles. The van der Waals surface area contributed by atoms with Gasteiger partial charge in [0.15, 0.2) is 0 Å². The number of benzene rings is 3. The molecule has 5 heterocycles. The van der Waals surface area contributed by atoms with Crippen molar-refractivity contribution in [2.45, 2.75) is 32.7 Å². The Labute approximate surface area is 336 Å². The summed E-state index contributed by atoms with van der Waals surface area (Å²) in [5.41, 5.74) is 6.86. The number of carbonyl (C=O) groups is 1. The van der Waals surface area contributed by atoms with Crippen LogP contribution in [0.2, 0.25) is 0 Å². The van der Waals surface area contributed by atoms with Gasteiger partial charge in [-0.25, -0.2) is 19.3 Å². The minimum absolute atomic E-state index is 0.291. The monoisotopic (exact) mass is 781 g/mol. The first-order chi connectivity index (χ1) is 28.5. The van der Waals surface area contributed by atoms with E-state index in [1.807, 2.05) is 78.0 Å². The predicted octanol–water partition coefficient (Wildman–Crippen LogP) is 6.48. The Hall–Kier alpha value is -6.67. The molecule has 2 aliphatic rings. The van der Waals surface area contributed by atoms with Crippen molar-refractivity contribution in [2.75, 3.05) is 61.8 Å². The van der Waals surface area contributed by atoms with Gasteiger partial charge in [0.1, 0.15) is 24.0 Å². The number of hydrogen-bond acceptors (Lipinski definition) is 12. The third-order valence-corrected chi connectivity index (χ3v) is 10.3. The first-order valence-corrected chi connectivity index (χ1v) is 19.2. The number of anilines is 4. The summed E-state index contributed by atoms with van der Waals surface area (Å²) in [5, 5.41) is 2.91. The molecule has 0 bridgehead atoms. The Morgan fingerprint density at radius 2 is 1.53 bits per heavy atom. The number of amides is 1. The lowest BCUT2D eigenvalue weighted by molar-refractivity contribution is 0.0950. The maximum atomic E-state index is 14.8. The van der Waals surface area contributed by atoms with Crippen molar-refractivity contribution in [3.8, 4) is 22.8 Å². The number of rotatable bonds is 14. The lowest BCUT2D eigenvalue weighted by atomic mass is 10.1. The van der Waals surface area contributed by atoms with Crippen LogP contribution in [-0.2, 0) is 37.5 Å². The molecule has 3 aromatic carbocycles. The van der Waals surface area contributed by atoms with Crippen molar-refractivity contribution in [1.82, 2.24) is 30.2 Å². The lowest BCUT2D eigenvalue weighted by Gasteiger charge is -2.29. The van der Waals surface area contributed by atoms with Crippen LogP contribution in [0.1, 0.15) is 38.2 Å². The highest BCUT2D eigenvalue weighted by Crippen LogP contribution is 2.41. The number of halogens is 1. The van der Waals surface area contributed by atoms with Gasteiger partial charge in [0.25, 0.3) is 5.91 Å². The Balaban J connectivity index is 1.10. The van der Waals surface area contributed by atoms with Crippen LogP contribution >= 0.6 is 0 Å². The number of nitrogens with zero attached hydrogens (tertiary/aromatic N) is 8. The third-order valence-electron chi connectivity index (χ3n) is 10.3. The summed E-state index contributed by atoms with van der Waals surface area (Å²) >= 11 is 0. The SMILES string of the molecule is COc1ccc(CN(Cc2ccc(OC)cc2)c2ncc(-c3nc(N4CCOCC4)nc4c3CCN4c3ccc(C(=O)NCc4cccnc4)cc3CF)cn2)cc1. The molecule has 6 aromatic rings. The molecule has 0 radical (unpaired) electrons. The maximum absolute atomic E-state index is 14.8. The Morgan fingerprint density at radius 3 is 2.16 bits per heavy atom. The second kappa shape index (κ2) is 17.6. The molecule has 1 saturated heterocycles. The third kappa shape index (κ3) is 8.51. The summed E-state index contributed by atoms with van der Waals surface area (Å²) < 4.78 is 31.2. The average Bonchev–Trinajstić information content (AvgIpc) is 3.72. The molecular formula is C44H44FN9O4. The summed E-state index contributed by atoms with van der Waals surface area (Å²) in [7, 11) is 3.31. The molecule has 3 aromatic heterocycles. The van der Waals surface area contributed by atoms with Gasteiger partial charge in [-0.15, -0.1) is 0 Å². The van der Waals surface area contributed by atoms with Crippen molar-refractivity contribution < 1.29 is 23.4 Å². The van der Waals surface area contributed by atoms with E-state index in [0.29, 0.717) is 93.4 Å². The van der Waals surface area contributed by atoms with Crippen LogP contribution in [0.4, 0.5) is 27.8 Å². The van der Waals surface area contributed by atoms with Gasteiger partial charge in [-0.2, -0.15) is 4.98 Å². The van der Waals surface area contributed by atoms with Crippen LogP contribution in [0, 0.1) is 0 Å². The summed E-state index contributed by atoms with van der Waals surface area (Å²) in [6.07, 6.45) is 7.64. The first-order valence-electron chi connectivity index (χ1n) is 19.2. The largest absolute Gasteiger partial charge is 0.497 e. The maximum Gasteiger partial charge on any atom is 0.251 e. The molecule has 13 nitrogen and oxygen atoms in total. The number of methoxy groups -OCH3 is 2. The van der Waals surface area contributed by atoms with E-state index in [-0.39, 0.29) is 5.91 Å². The fraction of sp³-hybridized carbons (Fsp3) is 0.273. The number of alkyl halides is 1. The van der Waals surface area contributed by atoms with Gasteiger partial charge in [-0.05, 0) is 71.6 Å². The van der Waals surface area contributed by atoms with Crippen molar-refractivity contribution in [3.05, 3.63) is 137 Å². The summed E-state index contributed by atoms with van der Waals surface area (Å²) in [5.74, 6) is 3.10. The van der Waals surface area contributed by atoms with Gasteiger partial charge >= 0.3 is 0 Å². The molecule has 0 atom stereocenters. The standard InChI is InChI=1S/C44H44FN9O4/c1-56-36-10-5-30(6-11-36)28-53(29-31-7-12-37(57-2)13-8-31)43-48-26-35(27-49-43)40-38-15-17-54(41(38)51-44(50-40)52-18-20-58-21-19-52)39-14-9-33(22-34(39)23-45)42(55)47-25-32-4-3-16-46-24-32/h3-14,16,22,24,26-27H,15,17-21,23,25,28-29H2,1-2H3,(H,47,55). The normalized spacial score (nSPS) is 13.6. The minimum atomic E-state index is -0.752. The van der Waals surface area contributed by atoms with E-state index in [1.165, 1.54) is 0 Å². The molecule has 1 amide bonds. The molecule has 14 heteroatoms. The van der Waals surface area contributed by atoms with E-state index in [4.69, 9.17) is 34.1 Å². The number of pyridine rings is 1. The molecule has 1 fully saturated rings. The van der Waals surface area contributed by atoms with E-state index in [9.17, 15) is 9.18 Å². The van der Waals surface area contributed by atoms with Gasteiger partial charge in [-0.1, -0.05) is 30.3 Å². The van der Waals surface area contributed by atoms with E-state index < -0.39 is 6.67 Å². The fourth-order valence-corrected chi connectivity index (χ4v) is 7.21. The van der Waals surface area contributed by atoms with Crippen LogP contribution in [-0.4, -0.2) is 77.9 Å². The molecular weight excluding hydrogens is 738 g/mol. The van der Waals surface area contributed by atoms with Crippen LogP contribution in [0.15, 0.2) is 104 Å². The van der Waals surface area contributed by atoms with E-state index in [1.54, 1.807) is 44.8 Å². The summed E-state index contributed by atoms with van der Waals surface area (Å²) in [6.45, 7) is 3.65.